The molecule has 5 heteroatoms. The van der Waals surface area contributed by atoms with Crippen molar-refractivity contribution < 1.29 is 9.90 Å². The average molecular weight is 285 g/mol. The first-order valence-corrected chi connectivity index (χ1v) is 6.94. The van der Waals surface area contributed by atoms with Gasteiger partial charge in [0, 0.05) is 25.5 Å². The summed E-state index contributed by atoms with van der Waals surface area (Å²) in [6, 6.07) is 8.76. The molecule has 0 aliphatic carbocycles. The molecule has 0 radical (unpaired) electrons. The van der Waals surface area contributed by atoms with E-state index in [0.717, 1.165) is 17.8 Å². The molecule has 2 rings (SSSR count). The number of phenols is 1. The number of carbonyl (C=O) groups excluding carboxylic acids is 1. The van der Waals surface area contributed by atoms with Gasteiger partial charge in [0.2, 0.25) is 0 Å². The number of aromatic hydroxyl groups is 1. The standard InChI is InChI=1S/C16H19N3O2/c1-2-18-15-8-9-17-11-14(15)16(21)19-10-7-12-3-5-13(20)6-4-12/h3-6,8-9,11,20H,2,7,10H2,1H3,(H,17,18)(H,19,21). The average Bonchev–Trinajstić information content (AvgIpc) is 2.50. The van der Waals surface area contributed by atoms with E-state index in [9.17, 15) is 9.90 Å². The van der Waals surface area contributed by atoms with Crippen LogP contribution in [0.2, 0.25) is 0 Å². The quantitative estimate of drug-likeness (QED) is 0.760. The van der Waals surface area contributed by atoms with E-state index in [0.29, 0.717) is 18.5 Å². The number of aromatic nitrogens is 1. The summed E-state index contributed by atoms with van der Waals surface area (Å²) in [7, 11) is 0. The van der Waals surface area contributed by atoms with Crippen molar-refractivity contribution in [2.75, 3.05) is 18.4 Å². The third-order valence-corrected chi connectivity index (χ3v) is 3.07. The van der Waals surface area contributed by atoms with Crippen molar-refractivity contribution in [3.8, 4) is 5.75 Å². The van der Waals surface area contributed by atoms with E-state index >= 15 is 0 Å². The van der Waals surface area contributed by atoms with Gasteiger partial charge in [0.1, 0.15) is 5.75 Å². The molecule has 0 aliphatic rings. The highest BCUT2D eigenvalue weighted by Gasteiger charge is 2.10. The van der Waals surface area contributed by atoms with Crippen LogP contribution in [0.25, 0.3) is 0 Å². The number of nitrogens with one attached hydrogen (secondary N) is 2. The lowest BCUT2D eigenvalue weighted by atomic mass is 10.1. The van der Waals surface area contributed by atoms with Crippen molar-refractivity contribution >= 4 is 11.6 Å². The molecule has 3 N–H and O–H groups in total. The number of hydrogen-bond acceptors (Lipinski definition) is 4. The minimum Gasteiger partial charge on any atom is -0.508 e. The number of pyridine rings is 1. The Morgan fingerprint density at radius 1 is 1.24 bits per heavy atom. The van der Waals surface area contributed by atoms with Crippen molar-refractivity contribution in [1.29, 1.82) is 0 Å². The zero-order valence-electron chi connectivity index (χ0n) is 12.0. The van der Waals surface area contributed by atoms with E-state index in [-0.39, 0.29) is 11.7 Å². The van der Waals surface area contributed by atoms with Gasteiger partial charge in [0.25, 0.3) is 5.91 Å². The van der Waals surface area contributed by atoms with Gasteiger partial charge in [0.05, 0.1) is 11.3 Å². The molecule has 0 spiro atoms. The highest BCUT2D eigenvalue weighted by Crippen LogP contribution is 2.13. The molecule has 1 aromatic carbocycles. The fourth-order valence-corrected chi connectivity index (χ4v) is 2.00. The van der Waals surface area contributed by atoms with Gasteiger partial charge < -0.3 is 15.7 Å². The van der Waals surface area contributed by atoms with E-state index < -0.39 is 0 Å². The van der Waals surface area contributed by atoms with Crippen LogP contribution in [0.3, 0.4) is 0 Å². The molecule has 0 atom stereocenters. The topological polar surface area (TPSA) is 74.2 Å². The van der Waals surface area contributed by atoms with Gasteiger partial charge in [-0.05, 0) is 37.1 Å². The highest BCUT2D eigenvalue weighted by atomic mass is 16.3. The Morgan fingerprint density at radius 2 is 2.00 bits per heavy atom. The van der Waals surface area contributed by atoms with Crippen molar-refractivity contribution in [3.05, 3.63) is 53.9 Å². The van der Waals surface area contributed by atoms with E-state index in [1.54, 1.807) is 30.6 Å². The Labute approximate surface area is 124 Å². The van der Waals surface area contributed by atoms with Gasteiger partial charge in [0.15, 0.2) is 0 Å². The molecule has 5 nitrogen and oxygen atoms in total. The molecule has 1 heterocycles. The number of rotatable bonds is 6. The zero-order valence-corrected chi connectivity index (χ0v) is 12.0. The number of hydrogen-bond donors (Lipinski definition) is 3. The molecular formula is C16H19N3O2. The van der Waals surface area contributed by atoms with Gasteiger partial charge in [-0.2, -0.15) is 0 Å². The summed E-state index contributed by atoms with van der Waals surface area (Å²) < 4.78 is 0. The lowest BCUT2D eigenvalue weighted by molar-refractivity contribution is 0.0954. The summed E-state index contributed by atoms with van der Waals surface area (Å²) in [6.07, 6.45) is 3.93. The summed E-state index contributed by atoms with van der Waals surface area (Å²) in [5, 5.41) is 15.2. The lowest BCUT2D eigenvalue weighted by Gasteiger charge is -2.10. The zero-order chi connectivity index (χ0) is 15.1. The molecular weight excluding hydrogens is 266 g/mol. The monoisotopic (exact) mass is 285 g/mol. The molecule has 21 heavy (non-hydrogen) atoms. The van der Waals surface area contributed by atoms with Crippen LogP contribution in [-0.4, -0.2) is 29.1 Å². The fraction of sp³-hybridized carbons (Fsp3) is 0.250. The molecule has 0 saturated heterocycles. The van der Waals surface area contributed by atoms with Crippen molar-refractivity contribution in [2.24, 2.45) is 0 Å². The third kappa shape index (κ3) is 4.21. The minimum atomic E-state index is -0.141. The van der Waals surface area contributed by atoms with Crippen LogP contribution >= 0.6 is 0 Å². The molecule has 1 aromatic heterocycles. The molecule has 0 bridgehead atoms. The van der Waals surface area contributed by atoms with Crippen LogP contribution in [0.5, 0.6) is 5.75 Å². The lowest BCUT2D eigenvalue weighted by Crippen LogP contribution is -2.26. The summed E-state index contributed by atoms with van der Waals surface area (Å²) in [5.74, 6) is 0.103. The van der Waals surface area contributed by atoms with Gasteiger partial charge >= 0.3 is 0 Å². The highest BCUT2D eigenvalue weighted by molar-refractivity contribution is 5.99. The number of anilines is 1. The number of amides is 1. The SMILES string of the molecule is CCNc1ccncc1C(=O)NCCc1ccc(O)cc1. The van der Waals surface area contributed by atoms with Crippen LogP contribution in [-0.2, 0) is 6.42 Å². The van der Waals surface area contributed by atoms with Crippen LogP contribution in [0.15, 0.2) is 42.7 Å². The molecule has 0 fully saturated rings. The Kier molecular flexibility index (Phi) is 5.15. The molecule has 0 aliphatic heterocycles. The normalized spacial score (nSPS) is 10.1. The predicted molar refractivity (Wildman–Crippen MR) is 82.5 cm³/mol. The first-order chi connectivity index (χ1) is 10.2. The van der Waals surface area contributed by atoms with Gasteiger partial charge in [-0.25, -0.2) is 0 Å². The number of carbonyl (C=O) groups is 1. The molecule has 110 valence electrons. The van der Waals surface area contributed by atoms with E-state index in [2.05, 4.69) is 15.6 Å². The predicted octanol–water partition coefficient (Wildman–Crippen LogP) is 2.19. The smallest absolute Gasteiger partial charge is 0.254 e. The maximum atomic E-state index is 12.2. The first-order valence-electron chi connectivity index (χ1n) is 6.94. The summed E-state index contributed by atoms with van der Waals surface area (Å²) in [5.41, 5.74) is 2.39. The second-order valence-electron chi connectivity index (χ2n) is 4.62. The molecule has 0 saturated carbocycles. The second kappa shape index (κ2) is 7.28. The van der Waals surface area contributed by atoms with E-state index in [4.69, 9.17) is 0 Å². The van der Waals surface area contributed by atoms with Crippen molar-refractivity contribution in [2.45, 2.75) is 13.3 Å². The molecule has 1 amide bonds. The van der Waals surface area contributed by atoms with Crippen molar-refractivity contribution in [1.82, 2.24) is 10.3 Å². The van der Waals surface area contributed by atoms with Gasteiger partial charge in [-0.15, -0.1) is 0 Å². The van der Waals surface area contributed by atoms with Crippen LogP contribution in [0, 0.1) is 0 Å². The third-order valence-electron chi connectivity index (χ3n) is 3.07. The van der Waals surface area contributed by atoms with E-state index in [1.807, 2.05) is 19.1 Å². The summed E-state index contributed by atoms with van der Waals surface area (Å²) in [4.78, 5) is 16.1. The Balaban J connectivity index is 1.91. The van der Waals surface area contributed by atoms with E-state index in [1.165, 1.54) is 0 Å². The Bertz CT molecular complexity index is 597. The maximum Gasteiger partial charge on any atom is 0.254 e. The maximum absolute atomic E-state index is 12.2. The number of nitrogens with zero attached hydrogens (tertiary/aromatic N) is 1. The number of benzene rings is 1. The van der Waals surface area contributed by atoms with Crippen LogP contribution < -0.4 is 10.6 Å². The molecule has 2 aromatic rings. The van der Waals surface area contributed by atoms with Crippen LogP contribution in [0.1, 0.15) is 22.8 Å². The minimum absolute atomic E-state index is 0.141. The summed E-state index contributed by atoms with van der Waals surface area (Å²) in [6.45, 7) is 3.26. The van der Waals surface area contributed by atoms with Gasteiger partial charge in [-0.1, -0.05) is 12.1 Å². The van der Waals surface area contributed by atoms with Crippen molar-refractivity contribution in [3.63, 3.8) is 0 Å². The number of phenolic OH excluding ortho intramolecular Hbond substituents is 1. The first kappa shape index (κ1) is 14.8. The Hall–Kier alpha value is -2.56. The largest absolute Gasteiger partial charge is 0.508 e. The fourth-order valence-electron chi connectivity index (χ4n) is 2.00. The van der Waals surface area contributed by atoms with Gasteiger partial charge in [-0.3, -0.25) is 9.78 Å². The second-order valence-corrected chi connectivity index (χ2v) is 4.62. The summed E-state index contributed by atoms with van der Waals surface area (Å²) >= 11 is 0. The Morgan fingerprint density at radius 3 is 2.71 bits per heavy atom. The molecule has 0 unspecified atom stereocenters. The van der Waals surface area contributed by atoms with Crippen LogP contribution in [0.4, 0.5) is 5.69 Å².